The first-order valence-corrected chi connectivity index (χ1v) is 6.76. The van der Waals surface area contributed by atoms with E-state index in [9.17, 15) is 8.42 Å². The molecular weight excluding hydrogens is 266 g/mol. The maximum atomic E-state index is 10.9. The summed E-state index contributed by atoms with van der Waals surface area (Å²) in [5, 5.41) is 0. The number of rotatable bonds is 3. The Labute approximate surface area is 92.7 Å². The molecule has 0 unspecified atom stereocenters. The second-order valence-electron chi connectivity index (χ2n) is 3.16. The van der Waals surface area contributed by atoms with E-state index in [1.54, 1.807) is 0 Å². The van der Waals surface area contributed by atoms with E-state index in [2.05, 4.69) is 20.7 Å². The average molecular weight is 278 g/mol. The summed E-state index contributed by atoms with van der Waals surface area (Å²) in [7, 11) is -3.12. The van der Waals surface area contributed by atoms with Crippen LogP contribution >= 0.6 is 15.9 Å². The predicted octanol–water partition coefficient (Wildman–Crippen LogP) is 1.81. The van der Waals surface area contributed by atoms with Crippen LogP contribution in [-0.2, 0) is 16.6 Å². The topological polar surface area (TPSA) is 46.2 Å². The zero-order chi connectivity index (χ0) is 10.8. The highest BCUT2D eigenvalue weighted by atomic mass is 79.9. The Morgan fingerprint density at radius 3 is 2.64 bits per heavy atom. The highest BCUT2D eigenvalue weighted by molar-refractivity contribution is 9.10. The second kappa shape index (κ2) is 4.42. The standard InChI is InChI=1S/C9H12BrNO2S/c1-7-3-4-9(10)5-8(7)6-11-14(2,12)13/h3-5,11H,6H2,1-2H3. The van der Waals surface area contributed by atoms with E-state index in [-0.39, 0.29) is 0 Å². The van der Waals surface area contributed by atoms with Crippen LogP contribution in [0.15, 0.2) is 22.7 Å². The summed E-state index contributed by atoms with van der Waals surface area (Å²) in [5.74, 6) is 0. The van der Waals surface area contributed by atoms with Crippen LogP contribution in [0, 0.1) is 6.92 Å². The molecule has 0 heterocycles. The van der Waals surface area contributed by atoms with Gasteiger partial charge in [-0.1, -0.05) is 22.0 Å². The van der Waals surface area contributed by atoms with E-state index >= 15 is 0 Å². The molecule has 78 valence electrons. The van der Waals surface area contributed by atoms with Crippen LogP contribution in [0.3, 0.4) is 0 Å². The fraction of sp³-hybridized carbons (Fsp3) is 0.333. The largest absolute Gasteiger partial charge is 0.213 e. The van der Waals surface area contributed by atoms with Gasteiger partial charge in [-0.3, -0.25) is 0 Å². The summed E-state index contributed by atoms with van der Waals surface area (Å²) in [6.45, 7) is 2.29. The van der Waals surface area contributed by atoms with E-state index in [1.165, 1.54) is 0 Å². The van der Waals surface area contributed by atoms with Gasteiger partial charge < -0.3 is 0 Å². The molecule has 0 atom stereocenters. The van der Waals surface area contributed by atoms with Crippen molar-refractivity contribution in [1.82, 2.24) is 4.72 Å². The first-order valence-electron chi connectivity index (χ1n) is 4.08. The van der Waals surface area contributed by atoms with E-state index < -0.39 is 10.0 Å². The molecule has 0 spiro atoms. The van der Waals surface area contributed by atoms with Gasteiger partial charge in [0.2, 0.25) is 10.0 Å². The van der Waals surface area contributed by atoms with Crippen molar-refractivity contribution in [3.8, 4) is 0 Å². The van der Waals surface area contributed by atoms with Gasteiger partial charge in [-0.2, -0.15) is 0 Å². The van der Waals surface area contributed by atoms with Crippen LogP contribution in [0.5, 0.6) is 0 Å². The maximum absolute atomic E-state index is 10.9. The Morgan fingerprint density at radius 1 is 1.43 bits per heavy atom. The van der Waals surface area contributed by atoms with E-state index in [4.69, 9.17) is 0 Å². The molecule has 5 heteroatoms. The number of hydrogen-bond acceptors (Lipinski definition) is 2. The summed E-state index contributed by atoms with van der Waals surface area (Å²) < 4.78 is 25.2. The molecule has 0 saturated carbocycles. The van der Waals surface area contributed by atoms with Crippen LogP contribution in [0.25, 0.3) is 0 Å². The molecular formula is C9H12BrNO2S. The predicted molar refractivity (Wildman–Crippen MR) is 60.6 cm³/mol. The molecule has 0 aromatic heterocycles. The number of aryl methyl sites for hydroxylation is 1. The van der Waals surface area contributed by atoms with Crippen molar-refractivity contribution >= 4 is 26.0 Å². The van der Waals surface area contributed by atoms with Crippen LogP contribution in [0.4, 0.5) is 0 Å². The number of sulfonamides is 1. The SMILES string of the molecule is Cc1ccc(Br)cc1CNS(C)(=O)=O. The first kappa shape index (κ1) is 11.7. The lowest BCUT2D eigenvalue weighted by Gasteiger charge is -2.06. The molecule has 0 fully saturated rings. The number of nitrogens with one attached hydrogen (secondary N) is 1. The molecule has 0 saturated heterocycles. The zero-order valence-corrected chi connectivity index (χ0v) is 10.4. The lowest BCUT2D eigenvalue weighted by molar-refractivity contribution is 0.587. The smallest absolute Gasteiger partial charge is 0.209 e. The molecule has 0 aliphatic rings. The van der Waals surface area contributed by atoms with Gasteiger partial charge in [0, 0.05) is 11.0 Å². The van der Waals surface area contributed by atoms with Crippen molar-refractivity contribution in [3.63, 3.8) is 0 Å². The quantitative estimate of drug-likeness (QED) is 0.916. The number of benzene rings is 1. The van der Waals surface area contributed by atoms with Crippen molar-refractivity contribution < 1.29 is 8.42 Å². The normalized spacial score (nSPS) is 11.6. The van der Waals surface area contributed by atoms with E-state index in [0.29, 0.717) is 6.54 Å². The third-order valence-corrected chi connectivity index (χ3v) is 3.00. The summed E-state index contributed by atoms with van der Waals surface area (Å²) in [5.41, 5.74) is 2.05. The molecule has 0 aliphatic heterocycles. The van der Waals surface area contributed by atoms with E-state index in [0.717, 1.165) is 21.9 Å². The van der Waals surface area contributed by atoms with Gasteiger partial charge in [0.15, 0.2) is 0 Å². The first-order chi connectivity index (χ1) is 6.38. The average Bonchev–Trinajstić information content (AvgIpc) is 2.05. The van der Waals surface area contributed by atoms with Gasteiger partial charge in [0.05, 0.1) is 6.26 Å². The minimum Gasteiger partial charge on any atom is -0.213 e. The summed E-state index contributed by atoms with van der Waals surface area (Å²) in [4.78, 5) is 0. The van der Waals surface area contributed by atoms with Crippen molar-refractivity contribution in [3.05, 3.63) is 33.8 Å². The van der Waals surface area contributed by atoms with Gasteiger partial charge in [-0.25, -0.2) is 13.1 Å². The fourth-order valence-corrected chi connectivity index (χ4v) is 1.87. The third kappa shape index (κ3) is 3.77. The molecule has 0 radical (unpaired) electrons. The lowest BCUT2D eigenvalue weighted by atomic mass is 10.1. The molecule has 1 rings (SSSR count). The van der Waals surface area contributed by atoms with Crippen LogP contribution < -0.4 is 4.72 Å². The Hall–Kier alpha value is -0.390. The molecule has 1 aromatic rings. The molecule has 3 nitrogen and oxygen atoms in total. The Kier molecular flexibility index (Phi) is 3.69. The molecule has 1 N–H and O–H groups in total. The molecule has 1 aromatic carbocycles. The zero-order valence-electron chi connectivity index (χ0n) is 8.04. The minimum absolute atomic E-state index is 0.337. The molecule has 0 amide bonds. The van der Waals surface area contributed by atoms with Crippen LogP contribution in [0.1, 0.15) is 11.1 Å². The van der Waals surface area contributed by atoms with Crippen molar-refractivity contribution in [1.29, 1.82) is 0 Å². The Bertz CT molecular complexity index is 428. The van der Waals surface area contributed by atoms with Crippen LogP contribution in [-0.4, -0.2) is 14.7 Å². The van der Waals surface area contributed by atoms with Gasteiger partial charge in [0.25, 0.3) is 0 Å². The van der Waals surface area contributed by atoms with Crippen molar-refractivity contribution in [2.45, 2.75) is 13.5 Å². The summed E-state index contributed by atoms with van der Waals surface area (Å²) in [6.07, 6.45) is 1.15. The highest BCUT2D eigenvalue weighted by Crippen LogP contribution is 2.15. The van der Waals surface area contributed by atoms with Gasteiger partial charge in [-0.05, 0) is 30.2 Å². The Morgan fingerprint density at radius 2 is 2.07 bits per heavy atom. The minimum atomic E-state index is -3.12. The summed E-state index contributed by atoms with van der Waals surface area (Å²) >= 11 is 3.34. The monoisotopic (exact) mass is 277 g/mol. The van der Waals surface area contributed by atoms with Crippen LogP contribution in [0.2, 0.25) is 0 Å². The van der Waals surface area contributed by atoms with Gasteiger partial charge in [0.1, 0.15) is 0 Å². The van der Waals surface area contributed by atoms with E-state index in [1.807, 2.05) is 25.1 Å². The lowest BCUT2D eigenvalue weighted by Crippen LogP contribution is -2.21. The number of hydrogen-bond donors (Lipinski definition) is 1. The Balaban J connectivity index is 2.81. The molecule has 0 aliphatic carbocycles. The van der Waals surface area contributed by atoms with Crippen molar-refractivity contribution in [2.24, 2.45) is 0 Å². The fourth-order valence-electron chi connectivity index (χ4n) is 1.04. The van der Waals surface area contributed by atoms with Crippen molar-refractivity contribution in [2.75, 3.05) is 6.26 Å². The molecule has 14 heavy (non-hydrogen) atoms. The number of halogens is 1. The van der Waals surface area contributed by atoms with Gasteiger partial charge in [-0.15, -0.1) is 0 Å². The maximum Gasteiger partial charge on any atom is 0.209 e. The summed E-state index contributed by atoms with van der Waals surface area (Å²) in [6, 6.07) is 5.79. The van der Waals surface area contributed by atoms with Gasteiger partial charge >= 0.3 is 0 Å². The molecule has 0 bridgehead atoms. The second-order valence-corrected chi connectivity index (χ2v) is 5.91. The third-order valence-electron chi connectivity index (χ3n) is 1.84. The highest BCUT2D eigenvalue weighted by Gasteiger charge is 2.03.